The predicted molar refractivity (Wildman–Crippen MR) is 117 cm³/mol. The Labute approximate surface area is 176 Å². The number of imidazole rings is 1. The van der Waals surface area contributed by atoms with Crippen molar-refractivity contribution in [3.05, 3.63) is 54.4 Å². The molecule has 0 radical (unpaired) electrons. The first-order valence-electron chi connectivity index (χ1n) is 10.7. The Kier molecular flexibility index (Phi) is 5.04. The molecule has 5 rings (SSSR count). The fraction of sp³-hybridized carbons (Fsp3) is 0.391. The molecular formula is C23H27N7. The largest absolute Gasteiger partial charge is 0.340 e. The molecule has 154 valence electrons. The van der Waals surface area contributed by atoms with Crippen LogP contribution in [-0.2, 0) is 6.54 Å². The second kappa shape index (κ2) is 7.99. The van der Waals surface area contributed by atoms with Gasteiger partial charge in [-0.1, -0.05) is 25.8 Å². The lowest BCUT2D eigenvalue weighted by molar-refractivity contribution is 0.278. The zero-order chi connectivity index (χ0) is 20.5. The third-order valence-corrected chi connectivity index (χ3v) is 6.09. The molecule has 0 bridgehead atoms. The van der Waals surface area contributed by atoms with Crippen LogP contribution in [0.4, 0.5) is 0 Å². The van der Waals surface area contributed by atoms with Gasteiger partial charge in [-0.2, -0.15) is 5.10 Å². The fourth-order valence-electron chi connectivity index (χ4n) is 4.39. The van der Waals surface area contributed by atoms with E-state index in [4.69, 9.17) is 9.97 Å². The van der Waals surface area contributed by atoms with Crippen LogP contribution >= 0.6 is 0 Å². The number of nitrogens with one attached hydrogen (secondary N) is 2. The first kappa shape index (κ1) is 18.9. The Morgan fingerprint density at radius 2 is 2.03 bits per heavy atom. The summed E-state index contributed by atoms with van der Waals surface area (Å²) in [5.74, 6) is 1.64. The standard InChI is InChI=1S/C23H27N7/c1-15-6-3-4-8-18(15)24-12-20-28-22(17-10-11-21-25-14-26-30(21)13-17)23(29-20)19-9-5-7-16(2)27-19/h5,7,9-11,13-15,18,24H,3-4,6,8,12H2,1-2H3,(H,28,29). The van der Waals surface area contributed by atoms with Crippen LogP contribution in [0.3, 0.4) is 0 Å². The first-order chi connectivity index (χ1) is 14.7. The summed E-state index contributed by atoms with van der Waals surface area (Å²) in [7, 11) is 0. The van der Waals surface area contributed by atoms with Gasteiger partial charge in [-0.05, 0) is 49.9 Å². The third kappa shape index (κ3) is 3.73. The van der Waals surface area contributed by atoms with E-state index in [1.165, 1.54) is 25.7 Å². The second-order valence-corrected chi connectivity index (χ2v) is 8.30. The lowest BCUT2D eigenvalue weighted by Gasteiger charge is -2.29. The molecule has 2 atom stereocenters. The molecule has 0 amide bonds. The van der Waals surface area contributed by atoms with Gasteiger partial charge >= 0.3 is 0 Å². The van der Waals surface area contributed by atoms with Crippen molar-refractivity contribution in [2.75, 3.05) is 0 Å². The molecule has 1 fully saturated rings. The van der Waals surface area contributed by atoms with Crippen LogP contribution < -0.4 is 5.32 Å². The van der Waals surface area contributed by atoms with Gasteiger partial charge in [0.15, 0.2) is 5.65 Å². The SMILES string of the molecule is Cc1cccc(-c2nc(CNC3CCCCC3C)[nH]c2-c2ccc3ncnn3c2)n1. The van der Waals surface area contributed by atoms with Gasteiger partial charge in [0.05, 0.1) is 17.9 Å². The van der Waals surface area contributed by atoms with Crippen molar-refractivity contribution in [3.8, 4) is 22.6 Å². The molecule has 4 heterocycles. The van der Waals surface area contributed by atoms with Gasteiger partial charge in [0, 0.05) is 23.5 Å². The number of aromatic nitrogens is 6. The number of H-pyrrole nitrogens is 1. The zero-order valence-electron chi connectivity index (χ0n) is 17.5. The molecule has 7 heteroatoms. The maximum absolute atomic E-state index is 4.95. The third-order valence-electron chi connectivity index (χ3n) is 6.09. The number of aromatic amines is 1. The van der Waals surface area contributed by atoms with Crippen LogP contribution in [0.15, 0.2) is 42.9 Å². The van der Waals surface area contributed by atoms with Gasteiger partial charge in [-0.25, -0.2) is 14.5 Å². The minimum absolute atomic E-state index is 0.555. The monoisotopic (exact) mass is 401 g/mol. The lowest BCUT2D eigenvalue weighted by atomic mass is 9.86. The number of rotatable bonds is 5. The van der Waals surface area contributed by atoms with E-state index in [0.717, 1.165) is 46.4 Å². The van der Waals surface area contributed by atoms with Crippen molar-refractivity contribution >= 4 is 5.65 Å². The van der Waals surface area contributed by atoms with E-state index in [-0.39, 0.29) is 0 Å². The number of aryl methyl sites for hydroxylation is 1. The summed E-state index contributed by atoms with van der Waals surface area (Å²) in [6, 6.07) is 10.6. The van der Waals surface area contributed by atoms with Crippen LogP contribution in [0, 0.1) is 12.8 Å². The average molecular weight is 402 g/mol. The molecule has 2 unspecified atom stereocenters. The van der Waals surface area contributed by atoms with Gasteiger partial charge < -0.3 is 10.3 Å². The van der Waals surface area contributed by atoms with Crippen LogP contribution in [0.2, 0.25) is 0 Å². The fourth-order valence-corrected chi connectivity index (χ4v) is 4.39. The number of fused-ring (bicyclic) bond motifs is 1. The van der Waals surface area contributed by atoms with Gasteiger partial charge in [0.2, 0.25) is 0 Å². The highest BCUT2D eigenvalue weighted by Gasteiger charge is 2.22. The average Bonchev–Trinajstić information content (AvgIpc) is 3.39. The zero-order valence-corrected chi connectivity index (χ0v) is 17.5. The first-order valence-corrected chi connectivity index (χ1v) is 10.7. The summed E-state index contributed by atoms with van der Waals surface area (Å²) >= 11 is 0. The van der Waals surface area contributed by atoms with Crippen molar-refractivity contribution < 1.29 is 0 Å². The van der Waals surface area contributed by atoms with Gasteiger partial charge in [0.25, 0.3) is 0 Å². The van der Waals surface area contributed by atoms with Crippen LogP contribution in [0.1, 0.15) is 44.1 Å². The van der Waals surface area contributed by atoms with Crippen molar-refractivity contribution in [2.45, 2.75) is 52.1 Å². The highest BCUT2D eigenvalue weighted by Crippen LogP contribution is 2.30. The number of nitrogens with zero attached hydrogens (tertiary/aromatic N) is 5. The Morgan fingerprint density at radius 1 is 1.13 bits per heavy atom. The van der Waals surface area contributed by atoms with E-state index in [9.17, 15) is 0 Å². The molecule has 30 heavy (non-hydrogen) atoms. The van der Waals surface area contributed by atoms with E-state index in [1.807, 2.05) is 37.4 Å². The summed E-state index contributed by atoms with van der Waals surface area (Å²) in [6.45, 7) is 5.07. The van der Waals surface area contributed by atoms with Crippen LogP contribution in [-0.4, -0.2) is 35.6 Å². The molecule has 2 N–H and O–H groups in total. The van der Waals surface area contributed by atoms with Crippen molar-refractivity contribution in [1.82, 2.24) is 34.9 Å². The molecule has 0 spiro atoms. The topological polar surface area (TPSA) is 83.8 Å². The molecular weight excluding hydrogens is 374 g/mol. The summed E-state index contributed by atoms with van der Waals surface area (Å²) in [5.41, 5.74) is 5.50. The van der Waals surface area contributed by atoms with E-state index in [0.29, 0.717) is 12.0 Å². The maximum atomic E-state index is 4.95. The molecule has 1 aliphatic carbocycles. The Balaban J connectivity index is 1.50. The predicted octanol–water partition coefficient (Wildman–Crippen LogP) is 4.16. The molecule has 1 aliphatic rings. The van der Waals surface area contributed by atoms with Crippen LogP contribution in [0.5, 0.6) is 0 Å². The Hall–Kier alpha value is -3.06. The normalized spacial score (nSPS) is 19.4. The molecule has 0 aromatic carbocycles. The molecule has 4 aromatic heterocycles. The molecule has 0 aliphatic heterocycles. The summed E-state index contributed by atoms with van der Waals surface area (Å²) in [6.07, 6.45) is 8.74. The van der Waals surface area contributed by atoms with E-state index in [2.05, 4.69) is 33.4 Å². The second-order valence-electron chi connectivity index (χ2n) is 8.30. The number of hydrogen-bond acceptors (Lipinski definition) is 5. The maximum Gasteiger partial charge on any atom is 0.155 e. The van der Waals surface area contributed by atoms with Gasteiger partial charge in [-0.15, -0.1) is 0 Å². The van der Waals surface area contributed by atoms with E-state index < -0.39 is 0 Å². The Morgan fingerprint density at radius 3 is 2.90 bits per heavy atom. The van der Waals surface area contributed by atoms with E-state index in [1.54, 1.807) is 10.8 Å². The van der Waals surface area contributed by atoms with E-state index >= 15 is 0 Å². The molecule has 1 saturated carbocycles. The van der Waals surface area contributed by atoms with Crippen molar-refractivity contribution in [3.63, 3.8) is 0 Å². The Bertz CT molecular complexity index is 1160. The minimum Gasteiger partial charge on any atom is -0.340 e. The lowest BCUT2D eigenvalue weighted by Crippen LogP contribution is -2.36. The molecule has 0 saturated heterocycles. The van der Waals surface area contributed by atoms with Gasteiger partial charge in [-0.3, -0.25) is 4.98 Å². The van der Waals surface area contributed by atoms with Crippen molar-refractivity contribution in [2.24, 2.45) is 5.92 Å². The number of hydrogen-bond donors (Lipinski definition) is 2. The van der Waals surface area contributed by atoms with Crippen LogP contribution in [0.25, 0.3) is 28.3 Å². The minimum atomic E-state index is 0.555. The summed E-state index contributed by atoms with van der Waals surface area (Å²) < 4.78 is 1.78. The highest BCUT2D eigenvalue weighted by molar-refractivity contribution is 5.77. The summed E-state index contributed by atoms with van der Waals surface area (Å²) in [4.78, 5) is 17.5. The molecule has 7 nitrogen and oxygen atoms in total. The smallest absolute Gasteiger partial charge is 0.155 e. The quantitative estimate of drug-likeness (QED) is 0.525. The molecule has 4 aromatic rings. The number of pyridine rings is 2. The van der Waals surface area contributed by atoms with Crippen molar-refractivity contribution in [1.29, 1.82) is 0 Å². The highest BCUT2D eigenvalue weighted by atomic mass is 15.3. The summed E-state index contributed by atoms with van der Waals surface area (Å²) in [5, 5.41) is 8.00. The van der Waals surface area contributed by atoms with Gasteiger partial charge in [0.1, 0.15) is 17.8 Å².